The number of aliphatic imine (C=N–C) groups is 1. The van der Waals surface area contributed by atoms with Gasteiger partial charge in [0.15, 0.2) is 5.96 Å². The Hall–Kier alpha value is -0.450. The third-order valence-corrected chi connectivity index (χ3v) is 4.30. The average Bonchev–Trinajstić information content (AvgIpc) is 3.17. The van der Waals surface area contributed by atoms with Gasteiger partial charge >= 0.3 is 0 Å². The summed E-state index contributed by atoms with van der Waals surface area (Å²) in [6, 6.07) is 0. The Morgan fingerprint density at radius 1 is 1.52 bits per heavy atom. The monoisotopic (exact) mass is 454 g/mol. The number of halogens is 1. The molecule has 0 amide bonds. The maximum absolute atomic E-state index is 5.63. The first kappa shape index (κ1) is 20.6. The van der Waals surface area contributed by atoms with Crippen molar-refractivity contribution < 1.29 is 9.47 Å². The van der Waals surface area contributed by atoms with E-state index in [2.05, 4.69) is 27.5 Å². The number of nitrogens with one attached hydrogen (secondary N) is 2. The topological polar surface area (TPSA) is 67.8 Å². The van der Waals surface area contributed by atoms with Gasteiger partial charge in [-0.05, 0) is 26.2 Å². The molecule has 0 aliphatic carbocycles. The van der Waals surface area contributed by atoms with E-state index < -0.39 is 0 Å². The van der Waals surface area contributed by atoms with Gasteiger partial charge in [0.05, 0.1) is 19.3 Å². The number of ether oxygens (including phenoxy) is 2. The second-order valence-corrected chi connectivity index (χ2v) is 6.60. The second kappa shape index (κ2) is 12.0. The highest BCUT2D eigenvalue weighted by Crippen LogP contribution is 2.12. The molecule has 1 aromatic rings. The smallest absolute Gasteiger partial charge is 0.191 e. The SMILES string of the molecule is CN=C(NCCCOCC1CCCO1)NCc1ncc(C)s1.I. The van der Waals surface area contributed by atoms with E-state index in [1.807, 2.05) is 6.20 Å². The Morgan fingerprint density at radius 2 is 2.39 bits per heavy atom. The summed E-state index contributed by atoms with van der Waals surface area (Å²) in [6.45, 7) is 5.95. The van der Waals surface area contributed by atoms with Gasteiger partial charge < -0.3 is 20.1 Å². The molecule has 0 bridgehead atoms. The van der Waals surface area contributed by atoms with Crippen molar-refractivity contribution in [2.45, 2.75) is 38.8 Å². The van der Waals surface area contributed by atoms with Crippen LogP contribution >= 0.6 is 35.3 Å². The number of guanidine groups is 1. The Morgan fingerprint density at radius 3 is 3.04 bits per heavy atom. The molecule has 1 unspecified atom stereocenters. The number of aromatic nitrogens is 1. The number of aryl methyl sites for hydroxylation is 1. The normalized spacial score (nSPS) is 17.8. The van der Waals surface area contributed by atoms with E-state index in [-0.39, 0.29) is 24.0 Å². The summed E-state index contributed by atoms with van der Waals surface area (Å²) in [4.78, 5) is 9.75. The van der Waals surface area contributed by atoms with Crippen LogP contribution in [0.4, 0.5) is 0 Å². The Kier molecular flexibility index (Phi) is 10.7. The number of hydrogen-bond donors (Lipinski definition) is 2. The highest BCUT2D eigenvalue weighted by molar-refractivity contribution is 14.0. The van der Waals surface area contributed by atoms with E-state index >= 15 is 0 Å². The van der Waals surface area contributed by atoms with Crippen LogP contribution in [-0.4, -0.2) is 50.5 Å². The summed E-state index contributed by atoms with van der Waals surface area (Å²) in [6.07, 6.45) is 5.44. The quantitative estimate of drug-likeness (QED) is 0.273. The highest BCUT2D eigenvalue weighted by Gasteiger charge is 2.14. The van der Waals surface area contributed by atoms with Crippen LogP contribution in [0, 0.1) is 6.92 Å². The van der Waals surface area contributed by atoms with Gasteiger partial charge in [-0.2, -0.15) is 0 Å². The van der Waals surface area contributed by atoms with E-state index in [9.17, 15) is 0 Å². The van der Waals surface area contributed by atoms with E-state index in [1.54, 1.807) is 18.4 Å². The predicted molar refractivity (Wildman–Crippen MR) is 105 cm³/mol. The number of rotatable bonds is 8. The summed E-state index contributed by atoms with van der Waals surface area (Å²) in [5.74, 6) is 0.798. The lowest BCUT2D eigenvalue weighted by Crippen LogP contribution is -2.37. The van der Waals surface area contributed by atoms with Gasteiger partial charge in [0.2, 0.25) is 0 Å². The Balaban J connectivity index is 0.00000264. The summed E-state index contributed by atoms with van der Waals surface area (Å²) >= 11 is 1.70. The van der Waals surface area contributed by atoms with Crippen molar-refractivity contribution in [2.75, 3.05) is 33.4 Å². The van der Waals surface area contributed by atoms with Gasteiger partial charge in [-0.1, -0.05) is 0 Å². The van der Waals surface area contributed by atoms with Crippen LogP contribution in [0.2, 0.25) is 0 Å². The third kappa shape index (κ3) is 8.27. The zero-order valence-corrected chi connectivity index (χ0v) is 17.0. The molecule has 0 aromatic carbocycles. The van der Waals surface area contributed by atoms with Gasteiger partial charge in [-0.25, -0.2) is 4.98 Å². The molecule has 6 nitrogen and oxygen atoms in total. The van der Waals surface area contributed by atoms with Crippen LogP contribution in [0.15, 0.2) is 11.2 Å². The molecule has 1 atom stereocenters. The summed E-state index contributed by atoms with van der Waals surface area (Å²) < 4.78 is 11.1. The highest BCUT2D eigenvalue weighted by atomic mass is 127. The standard InChI is InChI=1S/C15H26N4O2S.HI/c1-12-9-18-14(22-12)10-19-15(16-2)17-6-4-7-20-11-13-5-3-8-21-13;/h9,13H,3-8,10-11H2,1-2H3,(H2,16,17,19);1H. The Bertz CT molecular complexity index is 464. The van der Waals surface area contributed by atoms with E-state index in [4.69, 9.17) is 9.47 Å². The maximum atomic E-state index is 5.63. The summed E-state index contributed by atoms with van der Waals surface area (Å²) in [5.41, 5.74) is 0. The molecule has 2 rings (SSSR count). The molecular weight excluding hydrogens is 427 g/mol. The van der Waals surface area contributed by atoms with Crippen molar-refractivity contribution >= 4 is 41.3 Å². The van der Waals surface area contributed by atoms with E-state index in [0.717, 1.165) is 56.6 Å². The van der Waals surface area contributed by atoms with Crippen molar-refractivity contribution in [1.82, 2.24) is 15.6 Å². The van der Waals surface area contributed by atoms with Gasteiger partial charge in [-0.3, -0.25) is 4.99 Å². The number of hydrogen-bond acceptors (Lipinski definition) is 5. The van der Waals surface area contributed by atoms with Crippen molar-refractivity contribution in [3.63, 3.8) is 0 Å². The average molecular weight is 454 g/mol. The van der Waals surface area contributed by atoms with Crippen molar-refractivity contribution in [3.8, 4) is 0 Å². The van der Waals surface area contributed by atoms with Crippen LogP contribution in [0.3, 0.4) is 0 Å². The number of thiazole rings is 1. The largest absolute Gasteiger partial charge is 0.379 e. The minimum absolute atomic E-state index is 0. The van der Waals surface area contributed by atoms with Crippen LogP contribution < -0.4 is 10.6 Å². The molecular formula is C15H27IN4O2S. The minimum Gasteiger partial charge on any atom is -0.379 e. The fourth-order valence-corrected chi connectivity index (χ4v) is 2.96. The lowest BCUT2D eigenvalue weighted by atomic mass is 10.2. The first-order chi connectivity index (χ1) is 10.8. The molecule has 2 heterocycles. The zero-order valence-electron chi connectivity index (χ0n) is 13.8. The van der Waals surface area contributed by atoms with Crippen LogP contribution in [0.5, 0.6) is 0 Å². The van der Waals surface area contributed by atoms with Gasteiger partial charge in [0.25, 0.3) is 0 Å². The first-order valence-electron chi connectivity index (χ1n) is 7.83. The van der Waals surface area contributed by atoms with Crippen molar-refractivity contribution in [3.05, 3.63) is 16.1 Å². The summed E-state index contributed by atoms with van der Waals surface area (Å²) in [7, 11) is 1.77. The fourth-order valence-electron chi connectivity index (χ4n) is 2.23. The molecule has 0 spiro atoms. The molecule has 0 radical (unpaired) electrons. The molecule has 8 heteroatoms. The van der Waals surface area contributed by atoms with Gasteiger partial charge in [-0.15, -0.1) is 35.3 Å². The minimum atomic E-state index is 0. The summed E-state index contributed by atoms with van der Waals surface area (Å²) in [5, 5.41) is 7.61. The molecule has 1 aliphatic heterocycles. The first-order valence-corrected chi connectivity index (χ1v) is 8.64. The van der Waals surface area contributed by atoms with E-state index in [1.165, 1.54) is 4.88 Å². The van der Waals surface area contributed by atoms with Gasteiger partial charge in [0.1, 0.15) is 5.01 Å². The second-order valence-electron chi connectivity index (χ2n) is 5.28. The molecule has 1 aromatic heterocycles. The zero-order chi connectivity index (χ0) is 15.6. The number of nitrogens with zero attached hydrogens (tertiary/aromatic N) is 2. The van der Waals surface area contributed by atoms with Gasteiger partial charge in [0, 0.05) is 37.9 Å². The van der Waals surface area contributed by atoms with Crippen LogP contribution in [-0.2, 0) is 16.0 Å². The third-order valence-electron chi connectivity index (χ3n) is 3.39. The van der Waals surface area contributed by atoms with Crippen molar-refractivity contribution in [1.29, 1.82) is 0 Å². The molecule has 132 valence electrons. The van der Waals surface area contributed by atoms with Crippen molar-refractivity contribution in [2.24, 2.45) is 4.99 Å². The molecule has 1 saturated heterocycles. The maximum Gasteiger partial charge on any atom is 0.191 e. The lowest BCUT2D eigenvalue weighted by molar-refractivity contribution is 0.0168. The Labute approximate surface area is 159 Å². The van der Waals surface area contributed by atoms with Crippen LogP contribution in [0.1, 0.15) is 29.1 Å². The molecule has 23 heavy (non-hydrogen) atoms. The van der Waals surface area contributed by atoms with E-state index in [0.29, 0.717) is 12.6 Å². The predicted octanol–water partition coefficient (Wildman–Crippen LogP) is 2.32. The lowest BCUT2D eigenvalue weighted by Gasteiger charge is -2.12. The molecule has 2 N–H and O–H groups in total. The fraction of sp³-hybridized carbons (Fsp3) is 0.733. The van der Waals surface area contributed by atoms with Crippen LogP contribution in [0.25, 0.3) is 0 Å². The molecule has 0 saturated carbocycles. The molecule has 1 fully saturated rings. The molecule has 1 aliphatic rings.